The summed E-state index contributed by atoms with van der Waals surface area (Å²) in [7, 11) is 0. The number of hydrogen-bond acceptors (Lipinski definition) is 17. The highest BCUT2D eigenvalue weighted by Gasteiger charge is 2.41. The fourth-order valence-electron chi connectivity index (χ4n) is 10.6. The Balaban J connectivity index is 0.683. The number of likely N-dealkylation sites (tertiary alicyclic amines) is 1. The van der Waals surface area contributed by atoms with E-state index in [1.165, 1.54) is 18.5 Å². The van der Waals surface area contributed by atoms with Crippen LogP contribution in [0.5, 0.6) is 0 Å². The van der Waals surface area contributed by atoms with Gasteiger partial charge in [-0.1, -0.05) is 5.16 Å². The van der Waals surface area contributed by atoms with Crippen LogP contribution in [-0.4, -0.2) is 157 Å². The van der Waals surface area contributed by atoms with Crippen molar-refractivity contribution in [1.82, 2.24) is 54.9 Å². The summed E-state index contributed by atoms with van der Waals surface area (Å²) in [5.74, 6) is -0.668. The molecule has 4 saturated heterocycles. The molecule has 10 rings (SSSR count). The van der Waals surface area contributed by atoms with Gasteiger partial charge in [-0.3, -0.25) is 24.6 Å². The van der Waals surface area contributed by atoms with E-state index in [-0.39, 0.29) is 65.8 Å². The van der Waals surface area contributed by atoms with Crippen molar-refractivity contribution < 1.29 is 37.2 Å². The number of imide groups is 1. The van der Waals surface area contributed by atoms with Gasteiger partial charge >= 0.3 is 6.09 Å². The van der Waals surface area contributed by atoms with Crippen molar-refractivity contribution in [3.63, 3.8) is 0 Å². The van der Waals surface area contributed by atoms with Crippen LogP contribution in [0.2, 0.25) is 0 Å². The van der Waals surface area contributed by atoms with Crippen molar-refractivity contribution in [1.29, 1.82) is 0 Å². The van der Waals surface area contributed by atoms with Crippen LogP contribution in [0.1, 0.15) is 84.8 Å². The number of benzene rings is 1. The van der Waals surface area contributed by atoms with Gasteiger partial charge in [-0.25, -0.2) is 38.2 Å². The molecule has 5 fully saturated rings. The zero-order valence-corrected chi connectivity index (χ0v) is 41.3. The van der Waals surface area contributed by atoms with Gasteiger partial charge in [-0.15, -0.1) is 0 Å². The van der Waals surface area contributed by atoms with Crippen molar-refractivity contribution in [3.05, 3.63) is 48.2 Å². The normalized spacial score (nSPS) is 19.8. The quantitative estimate of drug-likeness (QED) is 0.151. The highest BCUT2D eigenvalue weighted by atomic mass is 19.1. The summed E-state index contributed by atoms with van der Waals surface area (Å²) in [6.45, 7) is 15.0. The SMILES string of the molecule is CC(C)(C1CCN(C(=O)COC(=O)N2CCN(c3cnc(-c4c(-c5nn(C(C)(C)C)c6ncnc(N)c56)noc4C4CC4)nc3)CC2)CC1)N1CCN(c2c(F)cc(NC3CCC(=O)NC3=O)cc2F)CC1. The molecule has 4 amide bonds. The lowest BCUT2D eigenvalue weighted by Gasteiger charge is -2.50. The number of hydrogen-bond donors (Lipinski definition) is 3. The minimum absolute atomic E-state index is 0.103. The monoisotopic (exact) mass is 993 g/mol. The van der Waals surface area contributed by atoms with Gasteiger partial charge in [0.2, 0.25) is 11.8 Å². The maximum Gasteiger partial charge on any atom is 0.410 e. The number of rotatable bonds is 11. The lowest BCUT2D eigenvalue weighted by molar-refractivity contribution is -0.137. The van der Waals surface area contributed by atoms with Gasteiger partial charge in [0.05, 0.1) is 34.6 Å². The Morgan fingerprint density at radius 2 is 1.50 bits per heavy atom. The van der Waals surface area contributed by atoms with E-state index in [1.807, 2.05) is 25.5 Å². The van der Waals surface area contributed by atoms with Gasteiger partial charge < -0.3 is 39.9 Å². The summed E-state index contributed by atoms with van der Waals surface area (Å²) in [4.78, 5) is 78.1. The average Bonchev–Trinajstić information content (AvgIpc) is 3.98. The minimum atomic E-state index is -0.753. The van der Waals surface area contributed by atoms with Crippen LogP contribution in [0.4, 0.5) is 36.5 Å². The Morgan fingerprint density at radius 3 is 2.14 bits per heavy atom. The Bertz CT molecular complexity index is 2850. The van der Waals surface area contributed by atoms with Crippen LogP contribution in [0.3, 0.4) is 0 Å². The molecule has 21 nitrogen and oxygen atoms in total. The summed E-state index contributed by atoms with van der Waals surface area (Å²) >= 11 is 0. The number of nitrogens with zero attached hydrogens (tertiary/aromatic N) is 12. The van der Waals surface area contributed by atoms with Crippen molar-refractivity contribution in [2.75, 3.05) is 92.9 Å². The molecule has 0 spiro atoms. The molecule has 5 aliphatic rings. The number of amides is 4. The molecule has 4 aliphatic heterocycles. The van der Waals surface area contributed by atoms with Crippen molar-refractivity contribution in [2.45, 2.75) is 96.2 Å². The fourth-order valence-corrected chi connectivity index (χ4v) is 10.6. The summed E-state index contributed by atoms with van der Waals surface area (Å²) in [5, 5.41) is 15.1. The molecule has 0 radical (unpaired) electrons. The average molecular weight is 994 g/mol. The predicted molar refractivity (Wildman–Crippen MR) is 262 cm³/mol. The van der Waals surface area contributed by atoms with Gasteiger partial charge in [0.1, 0.15) is 35.3 Å². The van der Waals surface area contributed by atoms with Crippen LogP contribution in [0.25, 0.3) is 33.8 Å². The molecular weight excluding hydrogens is 933 g/mol. The Hall–Kier alpha value is -7.04. The van der Waals surface area contributed by atoms with E-state index in [0.717, 1.165) is 31.4 Å². The van der Waals surface area contributed by atoms with E-state index in [1.54, 1.807) is 27.1 Å². The number of piperazine rings is 2. The number of halogens is 2. The topological polar surface area (TPSA) is 239 Å². The second-order valence-corrected chi connectivity index (χ2v) is 20.9. The van der Waals surface area contributed by atoms with Gasteiger partial charge in [0.15, 0.2) is 35.5 Å². The van der Waals surface area contributed by atoms with Gasteiger partial charge in [0, 0.05) is 89.0 Å². The van der Waals surface area contributed by atoms with Crippen LogP contribution >= 0.6 is 0 Å². The molecule has 4 N–H and O–H groups in total. The molecule has 5 aromatic rings. The largest absolute Gasteiger partial charge is 0.439 e. The van der Waals surface area contributed by atoms with E-state index < -0.39 is 35.2 Å². The number of fused-ring (bicyclic) bond motifs is 1. The molecule has 1 atom stereocenters. The van der Waals surface area contributed by atoms with Gasteiger partial charge in [-0.2, -0.15) is 5.10 Å². The van der Waals surface area contributed by atoms with Crippen molar-refractivity contribution >= 4 is 57.7 Å². The molecule has 72 heavy (non-hydrogen) atoms. The first kappa shape index (κ1) is 48.6. The number of carbonyl (C=O) groups excluding carboxylic acids is 4. The molecule has 1 saturated carbocycles. The fraction of sp³-hybridized carbons (Fsp3) is 0.551. The molecule has 1 aliphatic carbocycles. The van der Waals surface area contributed by atoms with Crippen molar-refractivity contribution in [3.8, 4) is 22.8 Å². The third-order valence-corrected chi connectivity index (χ3v) is 15.0. The maximum absolute atomic E-state index is 15.4. The lowest BCUT2D eigenvalue weighted by atomic mass is 9.78. The molecule has 1 unspecified atom stereocenters. The number of anilines is 4. The Kier molecular flexibility index (Phi) is 12.9. The zero-order chi connectivity index (χ0) is 50.6. The summed E-state index contributed by atoms with van der Waals surface area (Å²) in [5.41, 5.74) is 8.82. The zero-order valence-electron chi connectivity index (χ0n) is 41.3. The lowest BCUT2D eigenvalue weighted by Crippen LogP contribution is -2.59. The molecule has 1 aromatic carbocycles. The molecule has 382 valence electrons. The second kappa shape index (κ2) is 19.2. The molecule has 23 heteroatoms. The number of nitrogen functional groups attached to an aromatic ring is 1. The number of ether oxygens (including phenoxy) is 1. The number of aromatic nitrogens is 7. The van der Waals surface area contributed by atoms with E-state index in [2.05, 4.69) is 49.4 Å². The van der Waals surface area contributed by atoms with Crippen LogP contribution in [0.15, 0.2) is 35.4 Å². The third kappa shape index (κ3) is 9.57. The highest BCUT2D eigenvalue weighted by molar-refractivity contribution is 6.02. The summed E-state index contributed by atoms with van der Waals surface area (Å²) in [6, 6.07) is 1.63. The summed E-state index contributed by atoms with van der Waals surface area (Å²) < 4.78 is 44.1. The van der Waals surface area contributed by atoms with E-state index in [0.29, 0.717) is 105 Å². The number of piperidine rings is 2. The molecule has 0 bridgehead atoms. The smallest absolute Gasteiger partial charge is 0.410 e. The standard InChI is InChI=1S/C49H61F2N15O6/c1-48(2,3)66-45-38(43(52)55-27-56-45)39(59-66)40-37(42(72-60-40)28-6-7-28)44-53-24-31(25-54-44)61-14-16-64(17-15-61)47(70)71-26-36(68)62-12-10-29(11-13-62)49(4,5)65-20-18-63(19-21-65)41-32(50)22-30(23-33(41)51)57-34-8-9-35(67)58-46(34)69/h22-25,27-29,34,57H,6-21,26H2,1-5H3,(H2,52,55,56)(H,58,67,69). The number of nitrogens with two attached hydrogens (primary N) is 1. The first-order valence-corrected chi connectivity index (χ1v) is 24.8. The first-order chi connectivity index (χ1) is 34.4. The van der Waals surface area contributed by atoms with Gasteiger partial charge in [0.25, 0.3) is 5.91 Å². The number of nitrogens with one attached hydrogen (secondary N) is 2. The Morgan fingerprint density at radius 1 is 0.833 bits per heavy atom. The molecule has 4 aromatic heterocycles. The maximum atomic E-state index is 15.4. The van der Waals surface area contributed by atoms with Gasteiger partial charge in [-0.05, 0) is 84.8 Å². The van der Waals surface area contributed by atoms with Crippen LogP contribution in [0, 0.1) is 17.6 Å². The molecular formula is C49H61F2N15O6. The van der Waals surface area contributed by atoms with E-state index in [4.69, 9.17) is 30.1 Å². The number of carbonyl (C=O) groups is 4. The Labute approximate surface area is 414 Å². The van der Waals surface area contributed by atoms with Crippen molar-refractivity contribution in [2.24, 2.45) is 5.92 Å². The molecule has 8 heterocycles. The first-order valence-electron chi connectivity index (χ1n) is 24.8. The van der Waals surface area contributed by atoms with Crippen LogP contribution < -0.4 is 26.2 Å². The predicted octanol–water partition coefficient (Wildman–Crippen LogP) is 4.75. The van der Waals surface area contributed by atoms with E-state index >= 15 is 8.78 Å². The third-order valence-electron chi connectivity index (χ3n) is 15.0. The van der Waals surface area contributed by atoms with Crippen LogP contribution in [-0.2, 0) is 24.7 Å². The minimum Gasteiger partial charge on any atom is -0.439 e. The second-order valence-electron chi connectivity index (χ2n) is 20.9. The summed E-state index contributed by atoms with van der Waals surface area (Å²) in [6.07, 6.45) is 8.25. The highest BCUT2D eigenvalue weighted by Crippen LogP contribution is 2.48. The van der Waals surface area contributed by atoms with E-state index in [9.17, 15) is 19.2 Å².